The first-order chi connectivity index (χ1) is 13.4. The molecule has 2 amide bonds. The second-order valence-electron chi connectivity index (χ2n) is 6.53. The Labute approximate surface area is 162 Å². The zero-order chi connectivity index (χ0) is 20.3. The van der Waals surface area contributed by atoms with Gasteiger partial charge in [0.15, 0.2) is 11.5 Å². The molecule has 0 saturated heterocycles. The van der Waals surface area contributed by atoms with Crippen molar-refractivity contribution in [1.82, 2.24) is 15.1 Å². The quantitative estimate of drug-likeness (QED) is 0.804. The van der Waals surface area contributed by atoms with Crippen LogP contribution in [0.1, 0.15) is 17.7 Å². The Kier molecular flexibility index (Phi) is 5.72. The van der Waals surface area contributed by atoms with Crippen LogP contribution in [0.15, 0.2) is 23.0 Å². The number of methoxy groups -OCH3 is 3. The number of hydrogen-bond acceptors (Lipinski definition) is 6. The molecule has 2 aromatic rings. The molecule has 1 aliphatic carbocycles. The summed E-state index contributed by atoms with van der Waals surface area (Å²) >= 11 is 0. The van der Waals surface area contributed by atoms with Gasteiger partial charge in [-0.15, -0.1) is 0 Å². The third-order valence-corrected chi connectivity index (χ3v) is 4.71. The molecule has 1 aliphatic rings. The molecule has 150 valence electrons. The van der Waals surface area contributed by atoms with Gasteiger partial charge < -0.3 is 24.8 Å². The average molecular weight is 388 g/mol. The van der Waals surface area contributed by atoms with Crippen LogP contribution in [0.4, 0.5) is 10.5 Å². The molecule has 1 aromatic carbocycles. The molecule has 0 radical (unpaired) electrons. The third kappa shape index (κ3) is 4.03. The van der Waals surface area contributed by atoms with Gasteiger partial charge in [-0.3, -0.25) is 4.79 Å². The Hall–Kier alpha value is -3.23. The Morgan fingerprint density at radius 1 is 1.14 bits per heavy atom. The molecule has 9 nitrogen and oxygen atoms in total. The molecule has 0 spiro atoms. The van der Waals surface area contributed by atoms with Gasteiger partial charge in [0, 0.05) is 31.3 Å². The van der Waals surface area contributed by atoms with Gasteiger partial charge in [0.2, 0.25) is 5.75 Å². The largest absolute Gasteiger partial charge is 0.493 e. The zero-order valence-corrected chi connectivity index (χ0v) is 16.4. The zero-order valence-electron chi connectivity index (χ0n) is 16.4. The summed E-state index contributed by atoms with van der Waals surface area (Å²) in [6, 6.07) is 4.48. The Morgan fingerprint density at radius 3 is 2.43 bits per heavy atom. The van der Waals surface area contributed by atoms with Crippen LogP contribution in [0.5, 0.6) is 17.2 Å². The monoisotopic (exact) mass is 388 g/mol. The fourth-order valence-electron chi connectivity index (χ4n) is 3.32. The average Bonchev–Trinajstić information content (AvgIpc) is 2.68. The van der Waals surface area contributed by atoms with Crippen LogP contribution in [0.2, 0.25) is 0 Å². The molecule has 0 aliphatic heterocycles. The lowest BCUT2D eigenvalue weighted by molar-refractivity contribution is 0.247. The van der Waals surface area contributed by atoms with E-state index in [0.717, 1.165) is 17.7 Å². The van der Waals surface area contributed by atoms with E-state index in [0.29, 0.717) is 35.8 Å². The fraction of sp³-hybridized carbons (Fsp3) is 0.421. The van der Waals surface area contributed by atoms with Crippen LogP contribution >= 0.6 is 0 Å². The van der Waals surface area contributed by atoms with Gasteiger partial charge in [0.25, 0.3) is 5.56 Å². The standard InChI is InChI=1S/C19H24N4O5/c1-23-17(24)8-11-7-12(5-6-14(11)22-23)20-19(25)21-13-9-15(26-2)18(28-4)16(10-13)27-3/h8-10,12H,5-7H2,1-4H3,(H2,20,21,25). The Morgan fingerprint density at radius 2 is 1.82 bits per heavy atom. The minimum atomic E-state index is -0.348. The number of nitrogens with one attached hydrogen (secondary N) is 2. The van der Waals surface area contributed by atoms with Crippen molar-refractivity contribution in [3.63, 3.8) is 0 Å². The molecular formula is C19H24N4O5. The normalized spacial score (nSPS) is 15.4. The van der Waals surface area contributed by atoms with E-state index in [1.165, 1.54) is 26.0 Å². The van der Waals surface area contributed by atoms with Gasteiger partial charge in [-0.25, -0.2) is 9.48 Å². The molecular weight excluding hydrogens is 364 g/mol. The predicted molar refractivity (Wildman–Crippen MR) is 104 cm³/mol. The number of benzene rings is 1. The van der Waals surface area contributed by atoms with E-state index >= 15 is 0 Å². The Balaban J connectivity index is 1.69. The van der Waals surface area contributed by atoms with Crippen LogP contribution in [0.3, 0.4) is 0 Å². The number of fused-ring (bicyclic) bond motifs is 1. The number of rotatable bonds is 5. The minimum Gasteiger partial charge on any atom is -0.493 e. The summed E-state index contributed by atoms with van der Waals surface area (Å²) in [5.74, 6) is 1.35. The highest BCUT2D eigenvalue weighted by Gasteiger charge is 2.22. The number of carbonyl (C=O) groups excluding carboxylic acids is 1. The highest BCUT2D eigenvalue weighted by molar-refractivity contribution is 5.90. The fourth-order valence-corrected chi connectivity index (χ4v) is 3.32. The molecule has 1 aromatic heterocycles. The number of aryl methyl sites for hydroxylation is 2. The number of carbonyl (C=O) groups is 1. The van der Waals surface area contributed by atoms with E-state index in [9.17, 15) is 9.59 Å². The number of amides is 2. The van der Waals surface area contributed by atoms with Crippen molar-refractivity contribution in [2.24, 2.45) is 7.05 Å². The number of aromatic nitrogens is 2. The second-order valence-corrected chi connectivity index (χ2v) is 6.53. The molecule has 28 heavy (non-hydrogen) atoms. The summed E-state index contributed by atoms with van der Waals surface area (Å²) in [7, 11) is 6.18. The van der Waals surface area contributed by atoms with E-state index < -0.39 is 0 Å². The van der Waals surface area contributed by atoms with Crippen LogP contribution in [-0.4, -0.2) is 43.2 Å². The molecule has 1 heterocycles. The van der Waals surface area contributed by atoms with E-state index in [1.807, 2.05) is 0 Å². The third-order valence-electron chi connectivity index (χ3n) is 4.71. The van der Waals surface area contributed by atoms with Crippen LogP contribution in [0.25, 0.3) is 0 Å². The second kappa shape index (κ2) is 8.20. The molecule has 1 atom stereocenters. The van der Waals surface area contributed by atoms with Gasteiger partial charge in [0.05, 0.1) is 32.7 Å². The minimum absolute atomic E-state index is 0.0801. The molecule has 0 fully saturated rings. The van der Waals surface area contributed by atoms with E-state index in [2.05, 4.69) is 15.7 Å². The number of ether oxygens (including phenoxy) is 3. The summed E-state index contributed by atoms with van der Waals surface area (Å²) in [5, 5.41) is 10.0. The molecule has 3 rings (SSSR count). The summed E-state index contributed by atoms with van der Waals surface area (Å²) in [6.07, 6.45) is 2.03. The summed E-state index contributed by atoms with van der Waals surface area (Å²) in [5.41, 5.74) is 2.15. The molecule has 0 saturated carbocycles. The van der Waals surface area contributed by atoms with Crippen molar-refractivity contribution < 1.29 is 19.0 Å². The number of anilines is 1. The molecule has 9 heteroatoms. The van der Waals surface area contributed by atoms with Crippen LogP contribution in [-0.2, 0) is 19.9 Å². The number of hydrogen-bond donors (Lipinski definition) is 2. The maximum Gasteiger partial charge on any atom is 0.319 e. The van der Waals surface area contributed by atoms with Crippen molar-refractivity contribution in [1.29, 1.82) is 0 Å². The summed E-state index contributed by atoms with van der Waals surface area (Å²) in [6.45, 7) is 0. The number of urea groups is 1. The highest BCUT2D eigenvalue weighted by atomic mass is 16.5. The van der Waals surface area contributed by atoms with E-state index in [1.54, 1.807) is 25.2 Å². The van der Waals surface area contributed by atoms with Gasteiger partial charge in [-0.05, 0) is 24.8 Å². The number of nitrogens with zero attached hydrogens (tertiary/aromatic N) is 2. The highest BCUT2D eigenvalue weighted by Crippen LogP contribution is 2.39. The van der Waals surface area contributed by atoms with Crippen molar-refractivity contribution in [2.45, 2.75) is 25.3 Å². The van der Waals surface area contributed by atoms with Crippen LogP contribution in [0, 0.1) is 0 Å². The predicted octanol–water partition coefficient (Wildman–Crippen LogP) is 1.49. The van der Waals surface area contributed by atoms with E-state index in [4.69, 9.17) is 14.2 Å². The van der Waals surface area contributed by atoms with Gasteiger partial charge >= 0.3 is 6.03 Å². The van der Waals surface area contributed by atoms with Crippen molar-refractivity contribution in [2.75, 3.05) is 26.6 Å². The molecule has 2 N–H and O–H groups in total. The van der Waals surface area contributed by atoms with Crippen LogP contribution < -0.4 is 30.4 Å². The van der Waals surface area contributed by atoms with Gasteiger partial charge in [-0.1, -0.05) is 0 Å². The smallest absolute Gasteiger partial charge is 0.319 e. The van der Waals surface area contributed by atoms with Crippen molar-refractivity contribution in [3.8, 4) is 17.2 Å². The van der Waals surface area contributed by atoms with E-state index in [-0.39, 0.29) is 17.6 Å². The first-order valence-corrected chi connectivity index (χ1v) is 8.88. The first-order valence-electron chi connectivity index (χ1n) is 8.88. The first kappa shape index (κ1) is 19.5. The summed E-state index contributed by atoms with van der Waals surface area (Å²) in [4.78, 5) is 24.3. The van der Waals surface area contributed by atoms with Crippen molar-refractivity contribution >= 4 is 11.7 Å². The van der Waals surface area contributed by atoms with Gasteiger partial charge in [-0.2, -0.15) is 5.10 Å². The Bertz CT molecular complexity index is 915. The lowest BCUT2D eigenvalue weighted by Gasteiger charge is -2.25. The maximum absolute atomic E-state index is 12.5. The van der Waals surface area contributed by atoms with Gasteiger partial charge in [0.1, 0.15) is 0 Å². The van der Waals surface area contributed by atoms with Crippen molar-refractivity contribution in [3.05, 3.63) is 39.8 Å². The molecule has 1 unspecified atom stereocenters. The lowest BCUT2D eigenvalue weighted by atomic mass is 9.92. The lowest BCUT2D eigenvalue weighted by Crippen LogP contribution is -2.42. The summed E-state index contributed by atoms with van der Waals surface area (Å²) < 4.78 is 17.2. The maximum atomic E-state index is 12.5. The topological polar surface area (TPSA) is 104 Å². The molecule has 0 bridgehead atoms. The SMILES string of the molecule is COc1cc(NC(=O)NC2CCc3nn(C)c(=O)cc3C2)cc(OC)c1OC.